The highest BCUT2D eigenvalue weighted by Crippen LogP contribution is 2.36. The summed E-state index contributed by atoms with van der Waals surface area (Å²) in [7, 11) is 0. The number of nitrogen functional groups attached to an aromatic ring is 1. The molecule has 0 saturated heterocycles. The van der Waals surface area contributed by atoms with Crippen LogP contribution < -0.4 is 11.1 Å². The van der Waals surface area contributed by atoms with Gasteiger partial charge in [0.1, 0.15) is 5.82 Å². The molecule has 2 aromatic rings. The molecule has 4 nitrogen and oxygen atoms in total. The largest absolute Gasteiger partial charge is 0.394 e. The van der Waals surface area contributed by atoms with E-state index in [0.29, 0.717) is 23.7 Å². The van der Waals surface area contributed by atoms with Gasteiger partial charge in [0.05, 0.1) is 27.1 Å². The lowest BCUT2D eigenvalue weighted by Crippen LogP contribution is -2.06. The number of aryl methyl sites for hydroxylation is 2. The van der Waals surface area contributed by atoms with Crippen LogP contribution in [0.5, 0.6) is 0 Å². The first kappa shape index (κ1) is 14.9. The standard InChI is InChI=1S/C13H15Cl2FN4/c1-3-4-20-13(11(17)7(2)19-20)18-12-9(14)5-8(16)6-10(12)15/h5-6,18H,3-4,17H2,1-2H3. The molecule has 0 saturated carbocycles. The third-order valence-corrected chi connectivity index (χ3v) is 3.46. The van der Waals surface area contributed by atoms with E-state index >= 15 is 0 Å². The van der Waals surface area contributed by atoms with Gasteiger partial charge in [-0.15, -0.1) is 0 Å². The molecule has 0 aliphatic heterocycles. The Bertz CT molecular complexity index is 617. The predicted octanol–water partition coefficient (Wildman–Crippen LogP) is 4.37. The van der Waals surface area contributed by atoms with Crippen LogP contribution in [0.2, 0.25) is 10.0 Å². The summed E-state index contributed by atoms with van der Waals surface area (Å²) in [4.78, 5) is 0. The van der Waals surface area contributed by atoms with E-state index in [1.165, 1.54) is 12.1 Å². The molecule has 0 aliphatic rings. The quantitative estimate of drug-likeness (QED) is 0.880. The molecule has 0 amide bonds. The van der Waals surface area contributed by atoms with Crippen LogP contribution in [0.25, 0.3) is 0 Å². The number of aromatic nitrogens is 2. The molecule has 0 atom stereocenters. The minimum absolute atomic E-state index is 0.191. The molecule has 7 heteroatoms. The lowest BCUT2D eigenvalue weighted by atomic mass is 10.3. The number of anilines is 3. The summed E-state index contributed by atoms with van der Waals surface area (Å²) in [6, 6.07) is 2.39. The Hall–Kier alpha value is -1.46. The lowest BCUT2D eigenvalue weighted by Gasteiger charge is -2.13. The van der Waals surface area contributed by atoms with Gasteiger partial charge in [-0.1, -0.05) is 30.1 Å². The zero-order valence-electron chi connectivity index (χ0n) is 11.2. The van der Waals surface area contributed by atoms with Crippen molar-refractivity contribution in [3.63, 3.8) is 0 Å². The zero-order valence-corrected chi connectivity index (χ0v) is 12.7. The molecule has 0 radical (unpaired) electrons. The van der Waals surface area contributed by atoms with E-state index in [1.807, 2.05) is 13.8 Å². The number of hydrogen-bond donors (Lipinski definition) is 2. The van der Waals surface area contributed by atoms with Crippen molar-refractivity contribution >= 4 is 40.4 Å². The monoisotopic (exact) mass is 316 g/mol. The van der Waals surface area contributed by atoms with Gasteiger partial charge in [-0.2, -0.15) is 5.10 Å². The lowest BCUT2D eigenvalue weighted by molar-refractivity contribution is 0.605. The summed E-state index contributed by atoms with van der Waals surface area (Å²) in [6.45, 7) is 4.56. The zero-order chi connectivity index (χ0) is 14.9. The molecule has 0 aliphatic carbocycles. The maximum Gasteiger partial charge on any atom is 0.152 e. The van der Waals surface area contributed by atoms with Gasteiger partial charge in [0.2, 0.25) is 0 Å². The fourth-order valence-electron chi connectivity index (χ4n) is 1.88. The van der Waals surface area contributed by atoms with Gasteiger partial charge < -0.3 is 11.1 Å². The van der Waals surface area contributed by atoms with Crippen molar-refractivity contribution in [2.24, 2.45) is 0 Å². The van der Waals surface area contributed by atoms with Gasteiger partial charge in [0.25, 0.3) is 0 Å². The molecule has 1 aromatic carbocycles. The summed E-state index contributed by atoms with van der Waals surface area (Å²) in [5, 5.41) is 7.78. The summed E-state index contributed by atoms with van der Waals surface area (Å²) in [6.07, 6.45) is 0.903. The number of rotatable bonds is 4. The molecular formula is C13H15Cl2FN4. The van der Waals surface area contributed by atoms with E-state index in [4.69, 9.17) is 28.9 Å². The third kappa shape index (κ3) is 2.83. The van der Waals surface area contributed by atoms with Crippen LogP contribution >= 0.6 is 23.2 Å². The van der Waals surface area contributed by atoms with Crippen molar-refractivity contribution in [1.29, 1.82) is 0 Å². The Morgan fingerprint density at radius 3 is 2.50 bits per heavy atom. The van der Waals surface area contributed by atoms with Gasteiger partial charge in [0.15, 0.2) is 5.82 Å². The first-order valence-electron chi connectivity index (χ1n) is 6.18. The van der Waals surface area contributed by atoms with Gasteiger partial charge in [-0.3, -0.25) is 0 Å². The summed E-state index contributed by atoms with van der Waals surface area (Å²) in [5.41, 5.74) is 7.66. The summed E-state index contributed by atoms with van der Waals surface area (Å²) >= 11 is 12.0. The topological polar surface area (TPSA) is 55.9 Å². The van der Waals surface area contributed by atoms with E-state index in [-0.39, 0.29) is 10.0 Å². The molecule has 0 unspecified atom stereocenters. The Balaban J connectivity index is 2.44. The Morgan fingerprint density at radius 2 is 1.95 bits per heavy atom. The maximum atomic E-state index is 13.2. The highest BCUT2D eigenvalue weighted by atomic mass is 35.5. The molecule has 108 valence electrons. The minimum atomic E-state index is -0.489. The Labute approximate surface area is 126 Å². The third-order valence-electron chi connectivity index (χ3n) is 2.86. The molecule has 0 fully saturated rings. The molecule has 0 bridgehead atoms. The average Bonchev–Trinajstić information content (AvgIpc) is 2.61. The highest BCUT2D eigenvalue weighted by molar-refractivity contribution is 6.39. The average molecular weight is 317 g/mol. The van der Waals surface area contributed by atoms with Crippen molar-refractivity contribution < 1.29 is 4.39 Å². The predicted molar refractivity (Wildman–Crippen MR) is 81.4 cm³/mol. The van der Waals surface area contributed by atoms with Crippen molar-refractivity contribution in [1.82, 2.24) is 9.78 Å². The van der Waals surface area contributed by atoms with Gasteiger partial charge in [0, 0.05) is 6.54 Å². The summed E-state index contributed by atoms with van der Waals surface area (Å²) in [5.74, 6) is 0.122. The van der Waals surface area contributed by atoms with Crippen molar-refractivity contribution in [2.45, 2.75) is 26.8 Å². The van der Waals surface area contributed by atoms with Crippen LogP contribution in [0.4, 0.5) is 21.6 Å². The smallest absolute Gasteiger partial charge is 0.152 e. The van der Waals surface area contributed by atoms with Crippen LogP contribution in [-0.4, -0.2) is 9.78 Å². The van der Waals surface area contributed by atoms with Gasteiger partial charge in [-0.25, -0.2) is 9.07 Å². The number of benzene rings is 1. The van der Waals surface area contributed by atoms with E-state index in [1.54, 1.807) is 4.68 Å². The molecule has 0 spiro atoms. The van der Waals surface area contributed by atoms with Crippen molar-refractivity contribution in [3.05, 3.63) is 33.7 Å². The first-order chi connectivity index (χ1) is 9.43. The van der Waals surface area contributed by atoms with E-state index in [9.17, 15) is 4.39 Å². The molecule has 1 heterocycles. The van der Waals surface area contributed by atoms with Gasteiger partial charge >= 0.3 is 0 Å². The minimum Gasteiger partial charge on any atom is -0.394 e. The molecule has 20 heavy (non-hydrogen) atoms. The van der Waals surface area contributed by atoms with E-state index < -0.39 is 5.82 Å². The number of halogens is 3. The van der Waals surface area contributed by atoms with Crippen molar-refractivity contribution in [3.8, 4) is 0 Å². The number of nitrogens with two attached hydrogens (primary N) is 1. The van der Waals surface area contributed by atoms with Gasteiger partial charge in [-0.05, 0) is 25.5 Å². The molecular weight excluding hydrogens is 302 g/mol. The molecule has 2 rings (SSSR count). The second-order valence-corrected chi connectivity index (χ2v) is 5.25. The van der Waals surface area contributed by atoms with Crippen LogP contribution in [0.15, 0.2) is 12.1 Å². The number of nitrogens with zero attached hydrogens (tertiary/aromatic N) is 2. The van der Waals surface area contributed by atoms with E-state index in [2.05, 4.69) is 10.4 Å². The Morgan fingerprint density at radius 1 is 1.35 bits per heavy atom. The van der Waals surface area contributed by atoms with Crippen molar-refractivity contribution in [2.75, 3.05) is 11.1 Å². The van der Waals surface area contributed by atoms with Crippen LogP contribution in [0.1, 0.15) is 19.0 Å². The number of hydrogen-bond acceptors (Lipinski definition) is 3. The Kier molecular flexibility index (Phi) is 4.40. The summed E-state index contributed by atoms with van der Waals surface area (Å²) < 4.78 is 14.9. The van der Waals surface area contributed by atoms with Crippen LogP contribution in [-0.2, 0) is 6.54 Å². The molecule has 1 aromatic heterocycles. The second kappa shape index (κ2) is 5.89. The second-order valence-electron chi connectivity index (χ2n) is 4.44. The van der Waals surface area contributed by atoms with Crippen LogP contribution in [0, 0.1) is 12.7 Å². The maximum absolute atomic E-state index is 13.2. The number of nitrogens with one attached hydrogen (secondary N) is 1. The van der Waals surface area contributed by atoms with E-state index in [0.717, 1.165) is 12.1 Å². The van der Waals surface area contributed by atoms with Crippen LogP contribution in [0.3, 0.4) is 0 Å². The SMILES string of the molecule is CCCn1nc(C)c(N)c1Nc1c(Cl)cc(F)cc1Cl. The first-order valence-corrected chi connectivity index (χ1v) is 6.94. The highest BCUT2D eigenvalue weighted by Gasteiger charge is 2.16. The normalized spacial score (nSPS) is 10.8. The molecule has 3 N–H and O–H groups in total. The fourth-order valence-corrected chi connectivity index (χ4v) is 2.44. The fraction of sp³-hybridized carbons (Fsp3) is 0.308.